The molecule has 0 spiro atoms. The Morgan fingerprint density at radius 1 is 1.39 bits per heavy atom. The molecule has 1 atom stereocenters. The molecule has 4 heterocycles. The predicted octanol–water partition coefficient (Wildman–Crippen LogP) is 3.91. The Balaban J connectivity index is 1.66. The Kier molecular flexibility index (Phi) is 4.30. The highest BCUT2D eigenvalue weighted by atomic mass is 35.5. The molecular weight excluding hydrogens is 381 g/mol. The van der Waals surface area contributed by atoms with Gasteiger partial charge in [-0.1, -0.05) is 29.8 Å². The number of aromatic nitrogens is 2. The Bertz CT molecular complexity index is 1030. The highest BCUT2D eigenvalue weighted by molar-refractivity contribution is 6.29. The number of ether oxygens (including phenoxy) is 2. The Hall–Kier alpha value is -2.15. The highest BCUT2D eigenvalue weighted by Crippen LogP contribution is 2.42. The lowest BCUT2D eigenvalue weighted by molar-refractivity contribution is -0.144. The molecule has 0 amide bonds. The van der Waals surface area contributed by atoms with Crippen LogP contribution in [0.5, 0.6) is 5.75 Å². The van der Waals surface area contributed by atoms with Crippen LogP contribution in [0.25, 0.3) is 10.9 Å². The molecule has 2 aromatic heterocycles. The average Bonchev–Trinajstić information content (AvgIpc) is 3.05. The maximum atomic E-state index is 15.0. The van der Waals surface area contributed by atoms with E-state index in [1.165, 1.54) is 10.9 Å². The molecule has 1 aromatic carbocycles. The van der Waals surface area contributed by atoms with E-state index in [4.69, 9.17) is 21.1 Å². The number of nitrogens with one attached hydrogen (secondary N) is 1. The molecule has 146 valence electrons. The minimum Gasteiger partial charge on any atom is -0.496 e. The van der Waals surface area contributed by atoms with Crippen molar-refractivity contribution >= 4 is 22.5 Å². The fourth-order valence-electron chi connectivity index (χ4n) is 4.40. The monoisotopic (exact) mass is 401 g/mol. The molecule has 3 aromatic rings. The van der Waals surface area contributed by atoms with Crippen molar-refractivity contribution in [3.8, 4) is 5.75 Å². The van der Waals surface area contributed by atoms with E-state index < -0.39 is 5.67 Å². The Labute approximate surface area is 167 Å². The van der Waals surface area contributed by atoms with Crippen LogP contribution < -0.4 is 4.74 Å². The van der Waals surface area contributed by atoms with Gasteiger partial charge >= 0.3 is 0 Å². The minimum atomic E-state index is -1.31. The van der Waals surface area contributed by atoms with E-state index in [-0.39, 0.29) is 19.3 Å². The number of fused-ring (bicyclic) bond motifs is 3. The number of methoxy groups -OCH3 is 1. The summed E-state index contributed by atoms with van der Waals surface area (Å²) in [5.74, 6) is 0.652. The van der Waals surface area contributed by atoms with Crippen LogP contribution in [0.1, 0.15) is 22.9 Å². The van der Waals surface area contributed by atoms with Gasteiger partial charge in [0.25, 0.3) is 0 Å². The third-order valence-electron chi connectivity index (χ3n) is 5.72. The van der Waals surface area contributed by atoms with Crippen LogP contribution >= 0.6 is 11.6 Å². The molecule has 2 aliphatic rings. The average molecular weight is 402 g/mol. The summed E-state index contributed by atoms with van der Waals surface area (Å²) >= 11 is 6.08. The van der Waals surface area contributed by atoms with Gasteiger partial charge in [-0.3, -0.25) is 4.90 Å². The van der Waals surface area contributed by atoms with Crippen LogP contribution in [-0.4, -0.2) is 53.9 Å². The van der Waals surface area contributed by atoms with Crippen molar-refractivity contribution in [1.29, 1.82) is 0 Å². The van der Waals surface area contributed by atoms with E-state index in [0.29, 0.717) is 17.4 Å². The van der Waals surface area contributed by atoms with E-state index in [1.54, 1.807) is 19.4 Å². The number of alkyl halides is 1. The molecule has 0 radical (unpaired) electrons. The van der Waals surface area contributed by atoms with Crippen molar-refractivity contribution in [2.24, 2.45) is 0 Å². The lowest BCUT2D eigenvalue weighted by atomic mass is 9.91. The normalized spacial score (nSPS) is 21.3. The van der Waals surface area contributed by atoms with Crippen LogP contribution in [-0.2, 0) is 11.2 Å². The van der Waals surface area contributed by atoms with Gasteiger partial charge in [0, 0.05) is 47.5 Å². The molecule has 1 N–H and O–H groups in total. The fourth-order valence-corrected chi connectivity index (χ4v) is 4.55. The maximum Gasteiger partial charge on any atom is 0.169 e. The number of nitrogens with zero attached hydrogens (tertiary/aromatic N) is 2. The minimum absolute atomic E-state index is 0.145. The molecule has 0 bridgehead atoms. The summed E-state index contributed by atoms with van der Waals surface area (Å²) in [6.07, 6.45) is 2.59. The summed E-state index contributed by atoms with van der Waals surface area (Å²) in [5.41, 5.74) is 2.99. The van der Waals surface area contributed by atoms with Crippen molar-refractivity contribution in [2.75, 3.05) is 33.4 Å². The van der Waals surface area contributed by atoms with Crippen molar-refractivity contribution in [1.82, 2.24) is 14.9 Å². The Morgan fingerprint density at radius 2 is 2.21 bits per heavy atom. The third kappa shape index (κ3) is 2.87. The lowest BCUT2D eigenvalue weighted by Crippen LogP contribution is -2.55. The summed E-state index contributed by atoms with van der Waals surface area (Å²) in [6, 6.07) is 9.79. The van der Waals surface area contributed by atoms with Crippen molar-refractivity contribution in [3.63, 3.8) is 0 Å². The van der Waals surface area contributed by atoms with Crippen LogP contribution in [0.15, 0.2) is 36.5 Å². The molecule has 5 rings (SSSR count). The van der Waals surface area contributed by atoms with Crippen molar-refractivity contribution < 1.29 is 13.9 Å². The number of H-pyrrole nitrogens is 1. The summed E-state index contributed by atoms with van der Waals surface area (Å²) in [7, 11) is 1.62. The SMILES string of the molecule is COc1cc(Cl)ncc1C1c2[nH]c3ccccc3c2CCN1CC1(F)COC1. The molecule has 2 aliphatic heterocycles. The summed E-state index contributed by atoms with van der Waals surface area (Å²) in [5, 5.41) is 1.58. The number of pyridine rings is 1. The second-order valence-electron chi connectivity index (χ2n) is 7.58. The van der Waals surface area contributed by atoms with Gasteiger partial charge in [0.05, 0.1) is 26.4 Å². The third-order valence-corrected chi connectivity index (χ3v) is 5.93. The molecule has 1 unspecified atom stereocenters. The molecule has 5 nitrogen and oxygen atoms in total. The van der Waals surface area contributed by atoms with Crippen molar-refractivity contribution in [2.45, 2.75) is 18.1 Å². The number of benzene rings is 1. The highest BCUT2D eigenvalue weighted by Gasteiger charge is 2.44. The summed E-state index contributed by atoms with van der Waals surface area (Å²) in [6.45, 7) is 1.34. The van der Waals surface area contributed by atoms with Gasteiger partial charge in [0.2, 0.25) is 0 Å². The van der Waals surface area contributed by atoms with Crippen molar-refractivity contribution in [3.05, 3.63) is 58.5 Å². The van der Waals surface area contributed by atoms with Gasteiger partial charge in [-0.2, -0.15) is 0 Å². The van der Waals surface area contributed by atoms with Gasteiger partial charge in [0.15, 0.2) is 5.67 Å². The topological polar surface area (TPSA) is 50.4 Å². The Morgan fingerprint density at radius 3 is 2.96 bits per heavy atom. The number of halogens is 2. The van der Waals surface area contributed by atoms with E-state index in [9.17, 15) is 4.39 Å². The molecular formula is C21H21ClFN3O2. The molecule has 7 heteroatoms. The van der Waals surface area contributed by atoms with Gasteiger partial charge < -0.3 is 14.5 Å². The number of hydrogen-bond acceptors (Lipinski definition) is 4. The van der Waals surface area contributed by atoms with E-state index in [1.807, 2.05) is 12.1 Å². The number of para-hydroxylation sites is 1. The van der Waals surface area contributed by atoms with Crippen LogP contribution in [0.3, 0.4) is 0 Å². The van der Waals surface area contributed by atoms with Gasteiger partial charge in [-0.25, -0.2) is 9.37 Å². The molecule has 1 saturated heterocycles. The molecule has 28 heavy (non-hydrogen) atoms. The van der Waals surface area contributed by atoms with Crippen LogP contribution in [0, 0.1) is 0 Å². The summed E-state index contributed by atoms with van der Waals surface area (Å²) in [4.78, 5) is 10.0. The number of hydrogen-bond donors (Lipinski definition) is 1. The van der Waals surface area contributed by atoms with Gasteiger partial charge in [-0.05, 0) is 18.1 Å². The van der Waals surface area contributed by atoms with Crippen LogP contribution in [0.2, 0.25) is 5.15 Å². The van der Waals surface area contributed by atoms with Gasteiger partial charge in [0.1, 0.15) is 10.9 Å². The second-order valence-corrected chi connectivity index (χ2v) is 7.97. The lowest BCUT2D eigenvalue weighted by Gasteiger charge is -2.43. The number of aromatic amines is 1. The molecule has 1 fully saturated rings. The quantitative estimate of drug-likeness (QED) is 0.673. The van der Waals surface area contributed by atoms with Crippen LogP contribution in [0.4, 0.5) is 4.39 Å². The van der Waals surface area contributed by atoms with Gasteiger partial charge in [-0.15, -0.1) is 0 Å². The molecule has 0 aliphatic carbocycles. The second kappa shape index (κ2) is 6.72. The van der Waals surface area contributed by atoms with E-state index in [0.717, 1.165) is 29.7 Å². The first-order valence-corrected chi connectivity index (χ1v) is 9.75. The largest absolute Gasteiger partial charge is 0.496 e. The smallest absolute Gasteiger partial charge is 0.169 e. The zero-order valence-electron chi connectivity index (χ0n) is 15.5. The molecule has 0 saturated carbocycles. The maximum absolute atomic E-state index is 15.0. The first-order valence-electron chi connectivity index (χ1n) is 9.38. The first-order chi connectivity index (χ1) is 13.6. The predicted molar refractivity (Wildman–Crippen MR) is 106 cm³/mol. The fraction of sp³-hybridized carbons (Fsp3) is 0.381. The first kappa shape index (κ1) is 17.9. The zero-order valence-corrected chi connectivity index (χ0v) is 16.3. The van der Waals surface area contributed by atoms with E-state index in [2.05, 4.69) is 27.0 Å². The van der Waals surface area contributed by atoms with E-state index >= 15 is 0 Å². The zero-order chi connectivity index (χ0) is 19.3. The number of rotatable bonds is 4. The standard InChI is InChI=1S/C21H21ClFN3O2/c1-27-17-8-18(22)24-9-15(17)20-19-14(13-4-2-3-5-16(13)25-19)6-7-26(20)10-21(23)11-28-12-21/h2-5,8-9,20,25H,6-7,10-12H2,1H3. The summed E-state index contributed by atoms with van der Waals surface area (Å²) < 4.78 is 25.7.